The van der Waals surface area contributed by atoms with Crippen LogP contribution in [0.4, 0.5) is 0 Å². The SMILES string of the molecule is Oc1ccc(Oc2ccc(O)cc2-c2ccc(-c3ccccc3)c(O)c2O)cc1. The zero-order valence-electron chi connectivity index (χ0n) is 15.3. The van der Waals surface area contributed by atoms with Crippen molar-refractivity contribution in [3.05, 3.63) is 84.9 Å². The van der Waals surface area contributed by atoms with E-state index in [0.717, 1.165) is 5.56 Å². The Kier molecular flexibility index (Phi) is 4.71. The molecule has 29 heavy (non-hydrogen) atoms. The molecule has 0 bridgehead atoms. The molecule has 0 amide bonds. The summed E-state index contributed by atoms with van der Waals surface area (Å²) in [5, 5.41) is 40.7. The highest BCUT2D eigenvalue weighted by Gasteiger charge is 2.18. The molecular formula is C24H18O5. The summed E-state index contributed by atoms with van der Waals surface area (Å²) >= 11 is 0. The van der Waals surface area contributed by atoms with E-state index in [1.807, 2.05) is 30.3 Å². The number of phenols is 4. The summed E-state index contributed by atoms with van der Waals surface area (Å²) in [6.45, 7) is 0. The van der Waals surface area contributed by atoms with E-state index in [1.54, 1.807) is 30.3 Å². The fraction of sp³-hybridized carbons (Fsp3) is 0. The van der Waals surface area contributed by atoms with Crippen molar-refractivity contribution in [2.45, 2.75) is 0 Å². The number of hydrogen-bond donors (Lipinski definition) is 4. The van der Waals surface area contributed by atoms with Crippen molar-refractivity contribution >= 4 is 0 Å². The maximum Gasteiger partial charge on any atom is 0.166 e. The Balaban J connectivity index is 1.79. The Morgan fingerprint density at radius 1 is 0.517 bits per heavy atom. The van der Waals surface area contributed by atoms with Gasteiger partial charge in [0, 0.05) is 16.7 Å². The lowest BCUT2D eigenvalue weighted by atomic mass is 9.97. The van der Waals surface area contributed by atoms with Crippen LogP contribution >= 0.6 is 0 Å². The van der Waals surface area contributed by atoms with Crippen LogP contribution in [-0.4, -0.2) is 20.4 Å². The van der Waals surface area contributed by atoms with Crippen LogP contribution in [0.2, 0.25) is 0 Å². The highest BCUT2D eigenvalue weighted by molar-refractivity contribution is 5.85. The Bertz CT molecular complexity index is 1150. The van der Waals surface area contributed by atoms with Gasteiger partial charge in [-0.1, -0.05) is 30.3 Å². The second-order valence-corrected chi connectivity index (χ2v) is 6.50. The first-order chi connectivity index (χ1) is 14.0. The molecule has 0 aliphatic rings. The minimum Gasteiger partial charge on any atom is -0.508 e. The number of benzene rings is 4. The van der Waals surface area contributed by atoms with Crippen molar-refractivity contribution < 1.29 is 25.2 Å². The first-order valence-corrected chi connectivity index (χ1v) is 8.93. The van der Waals surface area contributed by atoms with Gasteiger partial charge in [0.1, 0.15) is 23.0 Å². The number of rotatable bonds is 4. The molecule has 0 radical (unpaired) electrons. The number of ether oxygens (including phenoxy) is 1. The molecule has 0 aliphatic carbocycles. The predicted molar refractivity (Wildman–Crippen MR) is 110 cm³/mol. The quantitative estimate of drug-likeness (QED) is 0.341. The predicted octanol–water partition coefficient (Wildman–Crippen LogP) is 5.64. The van der Waals surface area contributed by atoms with Crippen molar-refractivity contribution in [3.8, 4) is 56.8 Å². The van der Waals surface area contributed by atoms with Crippen LogP contribution in [0.5, 0.6) is 34.5 Å². The summed E-state index contributed by atoms with van der Waals surface area (Å²) in [6.07, 6.45) is 0. The van der Waals surface area contributed by atoms with Gasteiger partial charge in [0.05, 0.1) is 0 Å². The van der Waals surface area contributed by atoms with Crippen LogP contribution in [0, 0.1) is 0 Å². The summed E-state index contributed by atoms with van der Waals surface area (Å²) < 4.78 is 5.87. The molecule has 0 aromatic heterocycles. The van der Waals surface area contributed by atoms with Gasteiger partial charge in [0.15, 0.2) is 11.5 Å². The average molecular weight is 386 g/mol. The molecule has 0 fully saturated rings. The lowest BCUT2D eigenvalue weighted by Crippen LogP contribution is -1.90. The third-order valence-corrected chi connectivity index (χ3v) is 4.55. The molecule has 5 nitrogen and oxygen atoms in total. The molecule has 4 aromatic carbocycles. The molecule has 4 aromatic rings. The first-order valence-electron chi connectivity index (χ1n) is 8.93. The van der Waals surface area contributed by atoms with Crippen LogP contribution in [0.15, 0.2) is 84.9 Å². The van der Waals surface area contributed by atoms with Gasteiger partial charge in [-0.15, -0.1) is 0 Å². The number of phenolic OH excluding ortho intramolecular Hbond substituents is 4. The fourth-order valence-corrected chi connectivity index (χ4v) is 3.11. The fourth-order valence-electron chi connectivity index (χ4n) is 3.11. The molecule has 144 valence electrons. The molecule has 4 rings (SSSR count). The third kappa shape index (κ3) is 3.66. The number of hydrogen-bond acceptors (Lipinski definition) is 5. The monoisotopic (exact) mass is 386 g/mol. The van der Waals surface area contributed by atoms with Crippen molar-refractivity contribution in [1.82, 2.24) is 0 Å². The Labute approximate surface area is 167 Å². The Hall–Kier alpha value is -4.12. The molecule has 0 unspecified atom stereocenters. The number of aromatic hydroxyl groups is 4. The van der Waals surface area contributed by atoms with Crippen molar-refractivity contribution in [2.75, 3.05) is 0 Å². The summed E-state index contributed by atoms with van der Waals surface area (Å²) in [5.74, 6) is 0.376. The van der Waals surface area contributed by atoms with Crippen molar-refractivity contribution in [3.63, 3.8) is 0 Å². The second kappa shape index (κ2) is 7.48. The second-order valence-electron chi connectivity index (χ2n) is 6.50. The summed E-state index contributed by atoms with van der Waals surface area (Å²) in [6, 6.07) is 23.3. The van der Waals surface area contributed by atoms with E-state index in [0.29, 0.717) is 28.2 Å². The van der Waals surface area contributed by atoms with E-state index in [9.17, 15) is 20.4 Å². The van der Waals surface area contributed by atoms with Crippen LogP contribution in [0.3, 0.4) is 0 Å². The largest absolute Gasteiger partial charge is 0.508 e. The van der Waals surface area contributed by atoms with Gasteiger partial charge in [-0.2, -0.15) is 0 Å². The van der Waals surface area contributed by atoms with Gasteiger partial charge in [0.2, 0.25) is 0 Å². The molecule has 0 saturated heterocycles. The van der Waals surface area contributed by atoms with E-state index >= 15 is 0 Å². The van der Waals surface area contributed by atoms with Crippen LogP contribution in [0.25, 0.3) is 22.3 Å². The molecule has 0 atom stereocenters. The third-order valence-electron chi connectivity index (χ3n) is 4.55. The summed E-state index contributed by atoms with van der Waals surface area (Å²) in [4.78, 5) is 0. The molecule has 0 heterocycles. The molecule has 0 aliphatic heterocycles. The normalized spacial score (nSPS) is 10.6. The van der Waals surface area contributed by atoms with Crippen molar-refractivity contribution in [2.24, 2.45) is 0 Å². The lowest BCUT2D eigenvalue weighted by molar-refractivity contribution is 0.406. The summed E-state index contributed by atoms with van der Waals surface area (Å²) in [5.41, 5.74) is 1.98. The smallest absolute Gasteiger partial charge is 0.166 e. The summed E-state index contributed by atoms with van der Waals surface area (Å²) in [7, 11) is 0. The zero-order chi connectivity index (χ0) is 20.4. The van der Waals surface area contributed by atoms with Gasteiger partial charge in [0.25, 0.3) is 0 Å². The van der Waals surface area contributed by atoms with E-state index in [4.69, 9.17) is 4.74 Å². The molecular weight excluding hydrogens is 368 g/mol. The molecule has 0 spiro atoms. The van der Waals surface area contributed by atoms with Crippen LogP contribution in [-0.2, 0) is 0 Å². The maximum absolute atomic E-state index is 10.7. The minimum atomic E-state index is -0.312. The Morgan fingerprint density at radius 2 is 1.14 bits per heavy atom. The average Bonchev–Trinajstić information content (AvgIpc) is 2.74. The highest BCUT2D eigenvalue weighted by atomic mass is 16.5. The zero-order valence-corrected chi connectivity index (χ0v) is 15.3. The van der Waals surface area contributed by atoms with Gasteiger partial charge in [-0.05, 0) is 60.2 Å². The van der Waals surface area contributed by atoms with Gasteiger partial charge >= 0.3 is 0 Å². The first kappa shape index (κ1) is 18.3. The molecule has 5 heteroatoms. The van der Waals surface area contributed by atoms with Crippen LogP contribution < -0.4 is 4.74 Å². The van der Waals surface area contributed by atoms with Crippen molar-refractivity contribution in [1.29, 1.82) is 0 Å². The topological polar surface area (TPSA) is 90.2 Å². The van der Waals surface area contributed by atoms with Gasteiger partial charge < -0.3 is 25.2 Å². The maximum atomic E-state index is 10.7. The van der Waals surface area contributed by atoms with Gasteiger partial charge in [-0.3, -0.25) is 0 Å². The van der Waals surface area contributed by atoms with Gasteiger partial charge in [-0.25, -0.2) is 0 Å². The highest BCUT2D eigenvalue weighted by Crippen LogP contribution is 2.46. The minimum absolute atomic E-state index is 0.0101. The van der Waals surface area contributed by atoms with E-state index in [-0.39, 0.29) is 23.0 Å². The van der Waals surface area contributed by atoms with E-state index in [1.165, 1.54) is 24.3 Å². The van der Waals surface area contributed by atoms with Crippen LogP contribution in [0.1, 0.15) is 0 Å². The standard InChI is InChI=1S/C24H18O5/c25-16-6-9-18(10-7-16)29-22-13-8-17(26)14-21(22)20-12-11-19(23(27)24(20)28)15-4-2-1-3-5-15/h1-14,25-28H. The lowest BCUT2D eigenvalue weighted by Gasteiger charge is -2.15. The molecule has 0 saturated carbocycles. The Morgan fingerprint density at radius 3 is 1.86 bits per heavy atom. The van der Waals surface area contributed by atoms with E-state index in [2.05, 4.69) is 0 Å². The molecule has 4 N–H and O–H groups in total. The van der Waals surface area contributed by atoms with E-state index < -0.39 is 0 Å².